The molecule has 0 saturated carbocycles. The molecule has 0 aromatic carbocycles. The second-order valence-electron chi connectivity index (χ2n) is 26.0. The van der Waals surface area contributed by atoms with E-state index in [4.69, 9.17) is 4.74 Å². The first kappa shape index (κ1) is 79.6. The van der Waals surface area contributed by atoms with Gasteiger partial charge in [-0.25, -0.2) is 0 Å². The predicted octanol–water partition coefficient (Wildman–Crippen LogP) is 24.3. The summed E-state index contributed by atoms with van der Waals surface area (Å²) in [4.78, 5) is 24.6. The maximum Gasteiger partial charge on any atom is 0.305 e. The fraction of sp³-hybridized carbons (Fsp3) is 0.947. The Morgan fingerprint density at radius 1 is 0.333 bits per heavy atom. The summed E-state index contributed by atoms with van der Waals surface area (Å²) in [5.74, 6) is -0.0124. The van der Waals surface area contributed by atoms with Gasteiger partial charge in [0.05, 0.1) is 25.4 Å². The van der Waals surface area contributed by atoms with E-state index in [1.54, 1.807) is 0 Å². The number of hydrogen-bond donors (Lipinski definition) is 3. The Morgan fingerprint density at radius 3 is 0.877 bits per heavy atom. The number of esters is 1. The van der Waals surface area contributed by atoms with E-state index in [2.05, 4.69) is 31.3 Å². The van der Waals surface area contributed by atoms with Crippen molar-refractivity contribution < 1.29 is 24.5 Å². The van der Waals surface area contributed by atoms with E-state index in [-0.39, 0.29) is 18.5 Å². The first-order valence-corrected chi connectivity index (χ1v) is 37.4. The highest BCUT2D eigenvalue weighted by Crippen LogP contribution is 2.20. The van der Waals surface area contributed by atoms with Crippen molar-refractivity contribution in [1.82, 2.24) is 5.32 Å². The molecular formula is C75H147NO5. The number of carbonyl (C=O) groups excluding carboxylic acids is 2. The molecule has 81 heavy (non-hydrogen) atoms. The lowest BCUT2D eigenvalue weighted by atomic mass is 10.0. The molecule has 0 aromatic rings. The smallest absolute Gasteiger partial charge is 0.305 e. The summed E-state index contributed by atoms with van der Waals surface area (Å²) in [6.45, 7) is 5.00. The zero-order valence-electron chi connectivity index (χ0n) is 55.3. The lowest BCUT2D eigenvalue weighted by Gasteiger charge is -2.22. The van der Waals surface area contributed by atoms with Crippen molar-refractivity contribution in [3.8, 4) is 0 Å². The molecule has 0 saturated heterocycles. The standard InChI is InChI=1S/C75H147NO5/c1-3-5-7-9-11-13-15-16-17-18-19-20-21-26-29-32-35-38-41-44-48-51-55-59-63-67-73(78)72(71-77)76-74(79)68-64-60-56-52-49-45-42-39-36-33-30-27-24-22-23-25-28-31-34-37-40-43-46-50-54-58-62-66-70-81-75(80)69-65-61-57-53-47-14-12-10-8-6-4-2/h22-23,72-73,77-78H,3-21,24-71H2,1-2H3,(H,76,79)/b23-22-. The molecule has 0 radical (unpaired) electrons. The zero-order valence-corrected chi connectivity index (χ0v) is 55.3. The van der Waals surface area contributed by atoms with Gasteiger partial charge in [-0.05, 0) is 51.4 Å². The summed E-state index contributed by atoms with van der Waals surface area (Å²) in [6.07, 6.45) is 88.5. The summed E-state index contributed by atoms with van der Waals surface area (Å²) in [5, 5.41) is 23.5. The van der Waals surface area contributed by atoms with Gasteiger partial charge in [-0.1, -0.05) is 379 Å². The number of carbonyl (C=O) groups is 2. The predicted molar refractivity (Wildman–Crippen MR) is 357 cm³/mol. The Balaban J connectivity index is 3.38. The molecule has 2 atom stereocenters. The average Bonchev–Trinajstić information content (AvgIpc) is 3.47. The maximum atomic E-state index is 12.6. The number of rotatable bonds is 71. The van der Waals surface area contributed by atoms with E-state index >= 15 is 0 Å². The number of nitrogens with one attached hydrogen (secondary N) is 1. The van der Waals surface area contributed by atoms with Crippen LogP contribution in [0.2, 0.25) is 0 Å². The van der Waals surface area contributed by atoms with Gasteiger partial charge in [0, 0.05) is 12.8 Å². The van der Waals surface area contributed by atoms with Crippen LogP contribution in [0.15, 0.2) is 12.2 Å². The summed E-state index contributed by atoms with van der Waals surface area (Å²) in [7, 11) is 0. The van der Waals surface area contributed by atoms with Gasteiger partial charge in [0.2, 0.25) is 5.91 Å². The second kappa shape index (κ2) is 71.1. The Bertz CT molecular complexity index is 1220. The molecular weight excluding hydrogens is 995 g/mol. The third-order valence-electron chi connectivity index (χ3n) is 17.8. The van der Waals surface area contributed by atoms with Gasteiger partial charge in [0.25, 0.3) is 0 Å². The first-order valence-electron chi connectivity index (χ1n) is 37.4. The molecule has 6 nitrogen and oxygen atoms in total. The molecule has 0 heterocycles. The number of unbranched alkanes of at least 4 members (excludes halogenated alkanes) is 58. The summed E-state index contributed by atoms with van der Waals surface area (Å²) in [5.41, 5.74) is 0. The van der Waals surface area contributed by atoms with Crippen LogP contribution in [-0.4, -0.2) is 47.4 Å². The van der Waals surface area contributed by atoms with Crippen molar-refractivity contribution in [2.24, 2.45) is 0 Å². The van der Waals surface area contributed by atoms with Crippen molar-refractivity contribution in [2.45, 2.75) is 443 Å². The van der Waals surface area contributed by atoms with E-state index in [9.17, 15) is 19.8 Å². The van der Waals surface area contributed by atoms with Gasteiger partial charge < -0.3 is 20.3 Å². The van der Waals surface area contributed by atoms with Gasteiger partial charge in [0.15, 0.2) is 0 Å². The van der Waals surface area contributed by atoms with Crippen LogP contribution >= 0.6 is 0 Å². The molecule has 0 bridgehead atoms. The Hall–Kier alpha value is -1.40. The molecule has 3 N–H and O–H groups in total. The number of hydrogen-bond acceptors (Lipinski definition) is 5. The third-order valence-corrected chi connectivity index (χ3v) is 17.8. The van der Waals surface area contributed by atoms with Crippen molar-refractivity contribution in [1.29, 1.82) is 0 Å². The SMILES string of the molecule is CCCCCCCCCCCCCCCCCCCCCCCCCCCC(O)C(CO)NC(=O)CCCCCCCCCCCCCC/C=C\CCCCCCCCCCCCCCOC(=O)CCCCCCCCCCCCC. The second-order valence-corrected chi connectivity index (χ2v) is 26.0. The van der Waals surface area contributed by atoms with E-state index in [0.717, 1.165) is 38.5 Å². The quantitative estimate of drug-likeness (QED) is 0.0320. The van der Waals surface area contributed by atoms with Crippen LogP contribution in [0.1, 0.15) is 431 Å². The molecule has 1 amide bonds. The number of ether oxygens (including phenoxy) is 1. The van der Waals surface area contributed by atoms with Crippen molar-refractivity contribution >= 4 is 11.9 Å². The average molecular weight is 1140 g/mol. The fourth-order valence-corrected chi connectivity index (χ4v) is 12.1. The van der Waals surface area contributed by atoms with E-state index in [1.807, 2.05) is 0 Å². The minimum Gasteiger partial charge on any atom is -0.466 e. The lowest BCUT2D eigenvalue weighted by Crippen LogP contribution is -2.45. The number of amides is 1. The Labute approximate surface area is 508 Å². The first-order chi connectivity index (χ1) is 40.0. The molecule has 0 rings (SSSR count). The van der Waals surface area contributed by atoms with Crippen LogP contribution in [0.25, 0.3) is 0 Å². The molecule has 6 heteroatoms. The lowest BCUT2D eigenvalue weighted by molar-refractivity contribution is -0.143. The number of aliphatic hydroxyl groups is 2. The van der Waals surface area contributed by atoms with Crippen molar-refractivity contribution in [3.63, 3.8) is 0 Å². The van der Waals surface area contributed by atoms with Crippen molar-refractivity contribution in [2.75, 3.05) is 13.2 Å². The van der Waals surface area contributed by atoms with Crippen LogP contribution in [0, 0.1) is 0 Å². The molecule has 0 fully saturated rings. The zero-order chi connectivity index (χ0) is 58.5. The normalized spacial score (nSPS) is 12.5. The van der Waals surface area contributed by atoms with Crippen LogP contribution in [0.4, 0.5) is 0 Å². The molecule has 0 aliphatic rings. The highest BCUT2D eigenvalue weighted by atomic mass is 16.5. The molecule has 482 valence electrons. The van der Waals surface area contributed by atoms with Crippen LogP contribution in [-0.2, 0) is 14.3 Å². The third kappa shape index (κ3) is 67.6. The minimum atomic E-state index is -0.665. The largest absolute Gasteiger partial charge is 0.466 e. The minimum absolute atomic E-state index is 0.0167. The topological polar surface area (TPSA) is 95.9 Å². The molecule has 0 spiro atoms. The van der Waals surface area contributed by atoms with Crippen LogP contribution < -0.4 is 5.32 Å². The van der Waals surface area contributed by atoms with Gasteiger partial charge >= 0.3 is 5.97 Å². The Kier molecular flexibility index (Phi) is 69.9. The van der Waals surface area contributed by atoms with Gasteiger partial charge in [-0.2, -0.15) is 0 Å². The van der Waals surface area contributed by atoms with E-state index in [1.165, 1.54) is 360 Å². The highest BCUT2D eigenvalue weighted by molar-refractivity contribution is 5.76. The number of aliphatic hydroxyl groups excluding tert-OH is 2. The summed E-state index contributed by atoms with van der Waals surface area (Å²) < 4.78 is 5.48. The van der Waals surface area contributed by atoms with Gasteiger partial charge in [0.1, 0.15) is 0 Å². The van der Waals surface area contributed by atoms with Crippen LogP contribution in [0.5, 0.6) is 0 Å². The number of allylic oxidation sites excluding steroid dienone is 2. The van der Waals surface area contributed by atoms with Gasteiger partial charge in [-0.15, -0.1) is 0 Å². The van der Waals surface area contributed by atoms with Crippen LogP contribution in [0.3, 0.4) is 0 Å². The molecule has 0 aromatic heterocycles. The van der Waals surface area contributed by atoms with E-state index in [0.29, 0.717) is 25.9 Å². The summed E-state index contributed by atoms with van der Waals surface area (Å²) in [6, 6.07) is -0.542. The molecule has 0 aliphatic heterocycles. The summed E-state index contributed by atoms with van der Waals surface area (Å²) >= 11 is 0. The monoisotopic (exact) mass is 1140 g/mol. The molecule has 2 unspecified atom stereocenters. The fourth-order valence-electron chi connectivity index (χ4n) is 12.1. The Morgan fingerprint density at radius 2 is 0.580 bits per heavy atom. The van der Waals surface area contributed by atoms with Gasteiger partial charge in [-0.3, -0.25) is 9.59 Å². The molecule has 0 aliphatic carbocycles. The van der Waals surface area contributed by atoms with E-state index < -0.39 is 12.1 Å². The van der Waals surface area contributed by atoms with Crippen molar-refractivity contribution in [3.05, 3.63) is 12.2 Å². The highest BCUT2D eigenvalue weighted by Gasteiger charge is 2.20. The maximum absolute atomic E-state index is 12.6.